The van der Waals surface area contributed by atoms with E-state index in [-0.39, 0.29) is 42.2 Å². The molecule has 0 aliphatic carbocycles. The molecule has 0 bridgehead atoms. The summed E-state index contributed by atoms with van der Waals surface area (Å²) in [6, 6.07) is 18.2. The minimum atomic E-state index is -3.84. The Bertz CT molecular complexity index is 1180. The van der Waals surface area contributed by atoms with Crippen LogP contribution in [0.5, 0.6) is 0 Å². The van der Waals surface area contributed by atoms with Crippen LogP contribution >= 0.6 is 11.3 Å². The topological polar surface area (TPSA) is 57.7 Å². The molecule has 8 heteroatoms. The molecule has 3 rings (SSSR count). The molecule has 0 radical (unpaired) electrons. The first-order chi connectivity index (χ1) is 16.2. The molecular weight excluding hydrogens is 471 g/mol. The van der Waals surface area contributed by atoms with Gasteiger partial charge in [-0.25, -0.2) is 12.8 Å². The van der Waals surface area contributed by atoms with E-state index in [2.05, 4.69) is 0 Å². The molecule has 0 spiro atoms. The van der Waals surface area contributed by atoms with Gasteiger partial charge in [-0.3, -0.25) is 4.79 Å². The number of nitrogens with zero attached hydrogens (tertiary/aromatic N) is 2. The average molecular weight is 503 g/mol. The Balaban J connectivity index is 1.88. The molecule has 2 aromatic carbocycles. The lowest BCUT2D eigenvalue weighted by Gasteiger charge is -2.28. The number of aryl methyl sites for hydroxylation is 1. The van der Waals surface area contributed by atoms with Gasteiger partial charge in [0.2, 0.25) is 15.9 Å². The van der Waals surface area contributed by atoms with Crippen LogP contribution in [-0.2, 0) is 27.9 Å². The number of sulfonamides is 1. The zero-order chi connectivity index (χ0) is 24.7. The van der Waals surface area contributed by atoms with E-state index >= 15 is 0 Å². The Labute approximate surface area is 205 Å². The van der Waals surface area contributed by atoms with E-state index < -0.39 is 10.0 Å². The van der Waals surface area contributed by atoms with Crippen LogP contribution in [0.3, 0.4) is 0 Å². The number of rotatable bonds is 11. The summed E-state index contributed by atoms with van der Waals surface area (Å²) in [5.74, 6) is -0.542. The first-order valence-electron chi connectivity index (χ1n) is 11.3. The van der Waals surface area contributed by atoms with Crippen molar-refractivity contribution in [3.05, 3.63) is 87.9 Å². The molecule has 1 amide bonds. The highest BCUT2D eigenvalue weighted by atomic mass is 32.2. The fraction of sp³-hybridized carbons (Fsp3) is 0.346. The van der Waals surface area contributed by atoms with Crippen LogP contribution in [0, 0.1) is 18.7 Å². The third-order valence-electron chi connectivity index (χ3n) is 5.69. The van der Waals surface area contributed by atoms with Gasteiger partial charge in [0.25, 0.3) is 0 Å². The first-order valence-corrected chi connectivity index (χ1v) is 13.6. The van der Waals surface area contributed by atoms with Crippen molar-refractivity contribution in [2.45, 2.75) is 45.2 Å². The Morgan fingerprint density at radius 2 is 1.68 bits per heavy atom. The largest absolute Gasteiger partial charge is 0.332 e. The monoisotopic (exact) mass is 502 g/mol. The van der Waals surface area contributed by atoms with Crippen LogP contribution in [0.4, 0.5) is 4.39 Å². The van der Waals surface area contributed by atoms with Gasteiger partial charge in [0.05, 0.1) is 18.0 Å². The van der Waals surface area contributed by atoms with E-state index in [1.807, 2.05) is 32.9 Å². The SMILES string of the molecule is CC[C@@H](C)CN(CC(=O)N(Cc1ccc(F)cc1)Cc1ccc(C)s1)S(=O)(=O)c1ccccc1. The molecule has 1 heterocycles. The average Bonchev–Trinajstić information content (AvgIpc) is 3.24. The van der Waals surface area contributed by atoms with Crippen LogP contribution in [0.25, 0.3) is 0 Å². The lowest BCUT2D eigenvalue weighted by Crippen LogP contribution is -2.44. The van der Waals surface area contributed by atoms with Crippen molar-refractivity contribution < 1.29 is 17.6 Å². The van der Waals surface area contributed by atoms with E-state index in [0.717, 1.165) is 21.7 Å². The molecule has 34 heavy (non-hydrogen) atoms. The molecule has 0 aliphatic rings. The Hall–Kier alpha value is -2.55. The maximum atomic E-state index is 13.5. The van der Waals surface area contributed by atoms with Crippen LogP contribution in [0.2, 0.25) is 0 Å². The van der Waals surface area contributed by atoms with Crippen LogP contribution < -0.4 is 0 Å². The standard InChI is InChI=1S/C26H31FN2O3S2/c1-4-20(2)16-29(34(31,32)25-8-6-5-7-9-25)19-26(30)28(18-24-15-10-21(3)33-24)17-22-11-13-23(27)14-12-22/h5-15,20H,4,16-19H2,1-3H3/t20-/m1/s1. The third-order valence-corrected chi connectivity index (χ3v) is 8.50. The number of hydrogen-bond donors (Lipinski definition) is 0. The normalized spacial score (nSPS) is 12.6. The van der Waals surface area contributed by atoms with Gasteiger partial charge in [-0.05, 0) is 54.8 Å². The second-order valence-electron chi connectivity index (χ2n) is 8.51. The van der Waals surface area contributed by atoms with Gasteiger partial charge in [-0.1, -0.05) is 50.6 Å². The van der Waals surface area contributed by atoms with Gasteiger partial charge in [0, 0.05) is 22.8 Å². The molecule has 1 atom stereocenters. The van der Waals surface area contributed by atoms with E-state index in [1.54, 1.807) is 58.7 Å². The molecular formula is C26H31FN2O3S2. The van der Waals surface area contributed by atoms with Crippen LogP contribution in [0.15, 0.2) is 71.6 Å². The van der Waals surface area contributed by atoms with Gasteiger partial charge in [-0.15, -0.1) is 11.3 Å². The number of carbonyl (C=O) groups is 1. The number of hydrogen-bond acceptors (Lipinski definition) is 4. The zero-order valence-corrected chi connectivity index (χ0v) is 21.4. The molecule has 3 aromatic rings. The summed E-state index contributed by atoms with van der Waals surface area (Å²) in [5.41, 5.74) is 0.780. The van der Waals surface area contributed by atoms with Crippen molar-refractivity contribution in [1.29, 1.82) is 0 Å². The predicted molar refractivity (Wildman–Crippen MR) is 134 cm³/mol. The highest BCUT2D eigenvalue weighted by molar-refractivity contribution is 7.89. The second-order valence-corrected chi connectivity index (χ2v) is 11.8. The quantitative estimate of drug-likeness (QED) is 0.350. The summed E-state index contributed by atoms with van der Waals surface area (Å²) >= 11 is 1.60. The summed E-state index contributed by atoms with van der Waals surface area (Å²) in [4.78, 5) is 17.5. The van der Waals surface area contributed by atoms with Gasteiger partial charge < -0.3 is 4.90 Å². The van der Waals surface area contributed by atoms with Crippen molar-refractivity contribution in [1.82, 2.24) is 9.21 Å². The molecule has 5 nitrogen and oxygen atoms in total. The number of benzene rings is 2. The lowest BCUT2D eigenvalue weighted by atomic mass is 10.1. The molecule has 0 saturated carbocycles. The highest BCUT2D eigenvalue weighted by Gasteiger charge is 2.29. The first kappa shape index (κ1) is 26.1. The predicted octanol–water partition coefficient (Wildman–Crippen LogP) is 5.46. The number of carbonyl (C=O) groups excluding carboxylic acids is 1. The summed E-state index contributed by atoms with van der Waals surface area (Å²) in [6.07, 6.45) is 0.794. The molecule has 0 aliphatic heterocycles. The van der Waals surface area contributed by atoms with Gasteiger partial charge in [0.15, 0.2) is 0 Å². The fourth-order valence-electron chi connectivity index (χ4n) is 3.52. The number of thiophene rings is 1. The fourth-order valence-corrected chi connectivity index (χ4v) is 5.95. The van der Waals surface area contributed by atoms with Crippen LogP contribution in [-0.4, -0.2) is 36.6 Å². The van der Waals surface area contributed by atoms with Gasteiger partial charge in [0.1, 0.15) is 5.82 Å². The molecule has 0 N–H and O–H groups in total. The molecule has 0 fully saturated rings. The Kier molecular flexibility index (Phi) is 8.99. The summed E-state index contributed by atoms with van der Waals surface area (Å²) in [5, 5.41) is 0. The van der Waals surface area contributed by atoms with Crippen LogP contribution in [0.1, 0.15) is 35.6 Å². The summed E-state index contributed by atoms with van der Waals surface area (Å²) in [7, 11) is -3.84. The zero-order valence-electron chi connectivity index (χ0n) is 19.8. The maximum Gasteiger partial charge on any atom is 0.243 e. The minimum Gasteiger partial charge on any atom is -0.332 e. The summed E-state index contributed by atoms with van der Waals surface area (Å²) in [6.45, 7) is 6.59. The van der Waals surface area contributed by atoms with E-state index in [9.17, 15) is 17.6 Å². The molecule has 0 saturated heterocycles. The van der Waals surface area contributed by atoms with E-state index in [1.165, 1.54) is 16.4 Å². The lowest BCUT2D eigenvalue weighted by molar-refractivity contribution is -0.132. The smallest absolute Gasteiger partial charge is 0.243 e. The van der Waals surface area contributed by atoms with E-state index in [0.29, 0.717) is 6.54 Å². The van der Waals surface area contributed by atoms with Crippen molar-refractivity contribution in [2.24, 2.45) is 5.92 Å². The number of amides is 1. The Morgan fingerprint density at radius 3 is 2.26 bits per heavy atom. The van der Waals surface area contributed by atoms with Crippen molar-refractivity contribution in [3.63, 3.8) is 0 Å². The van der Waals surface area contributed by atoms with Crippen molar-refractivity contribution in [3.8, 4) is 0 Å². The highest BCUT2D eigenvalue weighted by Crippen LogP contribution is 2.21. The molecule has 182 valence electrons. The van der Waals surface area contributed by atoms with Crippen molar-refractivity contribution in [2.75, 3.05) is 13.1 Å². The van der Waals surface area contributed by atoms with Crippen molar-refractivity contribution >= 4 is 27.3 Å². The Morgan fingerprint density at radius 1 is 1.00 bits per heavy atom. The molecule has 1 aromatic heterocycles. The minimum absolute atomic E-state index is 0.0942. The van der Waals surface area contributed by atoms with Gasteiger partial charge >= 0.3 is 0 Å². The number of halogens is 1. The summed E-state index contributed by atoms with van der Waals surface area (Å²) < 4.78 is 41.5. The molecule has 0 unspecified atom stereocenters. The third kappa shape index (κ3) is 6.98. The second kappa shape index (κ2) is 11.7. The van der Waals surface area contributed by atoms with Gasteiger partial charge in [-0.2, -0.15) is 4.31 Å². The maximum absolute atomic E-state index is 13.5. The van der Waals surface area contributed by atoms with E-state index in [4.69, 9.17) is 0 Å².